The average Bonchev–Trinajstić information content (AvgIpc) is 3.50. The van der Waals surface area contributed by atoms with Crippen LogP contribution in [0, 0.1) is 0 Å². The zero-order chi connectivity index (χ0) is 21.4. The molecule has 0 spiro atoms. The molecule has 156 valence electrons. The quantitative estimate of drug-likeness (QED) is 0.470. The molecule has 8 nitrogen and oxygen atoms in total. The number of sulfone groups is 1. The summed E-state index contributed by atoms with van der Waals surface area (Å²) in [5.41, 5.74) is 5.95. The second-order valence-corrected chi connectivity index (χ2v) is 9.62. The van der Waals surface area contributed by atoms with Crippen LogP contribution in [0.1, 0.15) is 18.9 Å². The van der Waals surface area contributed by atoms with Gasteiger partial charge in [-0.05, 0) is 48.2 Å². The van der Waals surface area contributed by atoms with E-state index in [1.54, 1.807) is 18.5 Å². The van der Waals surface area contributed by atoms with Gasteiger partial charge < -0.3 is 4.57 Å². The van der Waals surface area contributed by atoms with Crippen molar-refractivity contribution < 1.29 is 13.1 Å². The van der Waals surface area contributed by atoms with Gasteiger partial charge in [-0.1, -0.05) is 22.9 Å². The fourth-order valence-electron chi connectivity index (χ4n) is 3.39. The number of nitrogens with one attached hydrogen (secondary N) is 1. The van der Waals surface area contributed by atoms with E-state index in [-0.39, 0.29) is 0 Å². The molecule has 0 saturated heterocycles. The van der Waals surface area contributed by atoms with Crippen LogP contribution in [0.4, 0.5) is 5.82 Å². The topological polar surface area (TPSA) is 93.7 Å². The molecule has 31 heavy (non-hydrogen) atoms. The van der Waals surface area contributed by atoms with Gasteiger partial charge in [-0.3, -0.25) is 0 Å². The molecule has 0 unspecified atom stereocenters. The summed E-state index contributed by atoms with van der Waals surface area (Å²) >= 11 is 0. The molecule has 1 aliphatic carbocycles. The number of rotatable bonds is 6. The first-order chi connectivity index (χ1) is 15.0. The second-order valence-electron chi connectivity index (χ2n) is 7.60. The second kappa shape index (κ2) is 7.59. The Morgan fingerprint density at radius 1 is 1.00 bits per heavy atom. The Balaban J connectivity index is 1.34. The minimum absolute atomic E-state index is 0.312. The molecule has 9 heteroatoms. The van der Waals surface area contributed by atoms with Crippen molar-refractivity contribution in [1.29, 1.82) is 0 Å². The fraction of sp³-hybridized carbons (Fsp3) is 0.182. The minimum Gasteiger partial charge on any atom is -0.309 e. The van der Waals surface area contributed by atoms with Gasteiger partial charge in [0.1, 0.15) is 12.0 Å². The van der Waals surface area contributed by atoms with E-state index in [0.717, 1.165) is 35.5 Å². The molecular formula is C22H21N6O2S+. The highest BCUT2D eigenvalue weighted by molar-refractivity contribution is 7.90. The van der Waals surface area contributed by atoms with E-state index >= 15 is 0 Å². The van der Waals surface area contributed by atoms with Crippen molar-refractivity contribution >= 4 is 15.7 Å². The van der Waals surface area contributed by atoms with Crippen LogP contribution in [-0.4, -0.2) is 34.4 Å². The highest BCUT2D eigenvalue weighted by Crippen LogP contribution is 2.37. The smallest absolute Gasteiger partial charge is 0.200 e. The summed E-state index contributed by atoms with van der Waals surface area (Å²) in [7, 11) is -3.20. The summed E-state index contributed by atoms with van der Waals surface area (Å²) < 4.78 is 27.2. The molecule has 0 bridgehead atoms. The number of aromatic nitrogens is 5. The van der Waals surface area contributed by atoms with Gasteiger partial charge >= 0.3 is 0 Å². The van der Waals surface area contributed by atoms with Crippen LogP contribution in [0.15, 0.2) is 78.2 Å². The number of anilines is 1. The van der Waals surface area contributed by atoms with Gasteiger partial charge in [-0.2, -0.15) is 0 Å². The summed E-state index contributed by atoms with van der Waals surface area (Å²) in [4.78, 5) is 4.99. The third kappa shape index (κ3) is 4.17. The van der Waals surface area contributed by atoms with Gasteiger partial charge in [0.25, 0.3) is 0 Å². The Labute approximate surface area is 180 Å². The predicted octanol–water partition coefficient (Wildman–Crippen LogP) is 2.91. The fourth-order valence-corrected chi connectivity index (χ4v) is 4.02. The van der Waals surface area contributed by atoms with E-state index in [0.29, 0.717) is 16.8 Å². The molecule has 1 aromatic carbocycles. The van der Waals surface area contributed by atoms with E-state index in [1.165, 1.54) is 6.26 Å². The highest BCUT2D eigenvalue weighted by atomic mass is 32.2. The van der Waals surface area contributed by atoms with Crippen molar-refractivity contribution in [2.75, 3.05) is 11.7 Å². The number of hydrogen-bond donors (Lipinski definition) is 1. The molecule has 1 fully saturated rings. The van der Waals surface area contributed by atoms with Crippen LogP contribution < -0.4 is 10.1 Å². The molecule has 4 aromatic rings. The van der Waals surface area contributed by atoms with Gasteiger partial charge in [-0.15, -0.1) is 15.6 Å². The Kier molecular flexibility index (Phi) is 4.74. The lowest BCUT2D eigenvalue weighted by Gasteiger charge is -2.06. The summed E-state index contributed by atoms with van der Waals surface area (Å²) in [5, 5.41) is 8.29. The normalized spacial score (nSPS) is 13.8. The minimum atomic E-state index is -3.20. The zero-order valence-corrected chi connectivity index (χ0v) is 17.7. The Hall–Kier alpha value is -3.59. The monoisotopic (exact) mass is 433 g/mol. The van der Waals surface area contributed by atoms with Crippen LogP contribution in [0.25, 0.3) is 22.6 Å². The molecule has 0 radical (unpaired) electrons. The van der Waals surface area contributed by atoms with E-state index in [9.17, 15) is 8.42 Å². The molecule has 1 aliphatic rings. The molecule has 5 rings (SSSR count). The number of pyridine rings is 2. The van der Waals surface area contributed by atoms with E-state index in [2.05, 4.69) is 25.2 Å². The molecule has 0 aliphatic heterocycles. The Morgan fingerprint density at radius 2 is 1.71 bits per heavy atom. The van der Waals surface area contributed by atoms with Crippen LogP contribution >= 0.6 is 0 Å². The maximum atomic E-state index is 11.6. The lowest BCUT2D eigenvalue weighted by Crippen LogP contribution is -2.41. The summed E-state index contributed by atoms with van der Waals surface area (Å²) in [6.07, 6.45) is 9.06. The van der Waals surface area contributed by atoms with Gasteiger partial charge in [0, 0.05) is 24.4 Å². The first-order valence-corrected chi connectivity index (χ1v) is 11.8. The SMILES string of the molecule is CS(=O)(=O)c1ccc(-c2cc[n+](Nc3cccc(-c4nncn4C4CC4)n3)cc2)cc1. The van der Waals surface area contributed by atoms with Gasteiger partial charge in [0.2, 0.25) is 12.4 Å². The van der Waals surface area contributed by atoms with Crippen molar-refractivity contribution in [3.8, 4) is 22.6 Å². The van der Waals surface area contributed by atoms with Crippen LogP contribution in [-0.2, 0) is 9.84 Å². The van der Waals surface area contributed by atoms with E-state index in [4.69, 9.17) is 0 Å². The lowest BCUT2D eigenvalue weighted by atomic mass is 10.1. The van der Waals surface area contributed by atoms with Crippen LogP contribution in [0.3, 0.4) is 0 Å². The lowest BCUT2D eigenvalue weighted by molar-refractivity contribution is -0.643. The summed E-state index contributed by atoms with van der Waals surface area (Å²) in [6.45, 7) is 0. The van der Waals surface area contributed by atoms with Gasteiger partial charge in [0.05, 0.1) is 4.90 Å². The van der Waals surface area contributed by atoms with Crippen molar-refractivity contribution in [3.05, 3.63) is 73.3 Å². The van der Waals surface area contributed by atoms with Crippen LogP contribution in [0.5, 0.6) is 0 Å². The molecular weight excluding hydrogens is 412 g/mol. The summed E-state index contributed by atoms with van der Waals surface area (Å²) in [5.74, 6) is 1.47. The van der Waals surface area contributed by atoms with Crippen molar-refractivity contribution in [1.82, 2.24) is 19.7 Å². The van der Waals surface area contributed by atoms with Crippen molar-refractivity contribution in [2.24, 2.45) is 0 Å². The van der Waals surface area contributed by atoms with Gasteiger partial charge in [-0.25, -0.2) is 13.4 Å². The predicted molar refractivity (Wildman–Crippen MR) is 116 cm³/mol. The standard InChI is InChI=1S/C22H21N6O2S/c1-31(29,30)19-9-5-16(6-10-19)17-11-13-27(14-12-17)26-21-4-2-3-20(24-21)22-25-23-15-28(22)18-7-8-18/h2-6,9-15,18H,7-8H2,1H3,(H,24,26)/q+1. The third-order valence-corrected chi connectivity index (χ3v) is 6.31. The highest BCUT2D eigenvalue weighted by Gasteiger charge is 2.27. The third-order valence-electron chi connectivity index (χ3n) is 5.18. The van der Waals surface area contributed by atoms with Crippen molar-refractivity contribution in [3.63, 3.8) is 0 Å². The Morgan fingerprint density at radius 3 is 2.39 bits per heavy atom. The maximum absolute atomic E-state index is 11.6. The number of hydrogen-bond acceptors (Lipinski definition) is 6. The number of benzene rings is 1. The Bertz CT molecular complexity index is 1330. The average molecular weight is 434 g/mol. The largest absolute Gasteiger partial charge is 0.309 e. The molecule has 3 heterocycles. The van der Waals surface area contributed by atoms with Gasteiger partial charge in [0.15, 0.2) is 21.5 Å². The molecule has 0 amide bonds. The van der Waals surface area contributed by atoms with E-state index in [1.807, 2.05) is 59.5 Å². The summed E-state index contributed by atoms with van der Waals surface area (Å²) in [6, 6.07) is 17.0. The number of nitrogens with zero attached hydrogens (tertiary/aromatic N) is 5. The molecule has 0 atom stereocenters. The molecule has 3 aromatic heterocycles. The first-order valence-electron chi connectivity index (χ1n) is 9.93. The molecule has 1 saturated carbocycles. The maximum Gasteiger partial charge on any atom is 0.200 e. The van der Waals surface area contributed by atoms with Crippen LogP contribution in [0.2, 0.25) is 0 Å². The zero-order valence-electron chi connectivity index (χ0n) is 16.9. The first kappa shape index (κ1) is 19.4. The van der Waals surface area contributed by atoms with Crippen molar-refractivity contribution in [2.45, 2.75) is 23.8 Å². The molecule has 1 N–H and O–H groups in total. The van der Waals surface area contributed by atoms with E-state index < -0.39 is 9.84 Å².